The maximum absolute atomic E-state index is 10.1. The molecular weight excluding hydrogens is 132 g/mol. The number of nitrogens with zero attached hydrogens (tertiary/aromatic N) is 2. The summed E-state index contributed by atoms with van der Waals surface area (Å²) in [5.74, 6) is 0.638. The molecule has 1 radical (unpaired) electrons. The fraction of sp³-hybridized carbons (Fsp3) is 0.200. The van der Waals surface area contributed by atoms with Gasteiger partial charge in [-0.2, -0.15) is 0 Å². The summed E-state index contributed by atoms with van der Waals surface area (Å²) in [4.78, 5) is 16.7. The summed E-state index contributed by atoms with van der Waals surface area (Å²) in [5, 5.41) is 3.41. The van der Waals surface area contributed by atoms with Gasteiger partial charge in [-0.25, -0.2) is 15.1 Å². The second-order valence-corrected chi connectivity index (χ2v) is 1.69. The Bertz CT molecular complexity index is 205. The number of hydrogen-bond donors (Lipinski definition) is 2. The zero-order chi connectivity index (χ0) is 7.40. The van der Waals surface area contributed by atoms with Crippen molar-refractivity contribution in [1.29, 1.82) is 0 Å². The van der Waals surface area contributed by atoms with Crippen LogP contribution >= 0.6 is 0 Å². The van der Waals surface area contributed by atoms with Crippen molar-refractivity contribution in [1.82, 2.24) is 15.3 Å². The van der Waals surface area contributed by atoms with E-state index in [1.165, 1.54) is 0 Å². The minimum Gasteiger partial charge on any atom is -0.350 e. The lowest BCUT2D eigenvalue weighted by Gasteiger charge is -1.91. The summed E-state index contributed by atoms with van der Waals surface area (Å²) < 4.78 is 0. The number of rotatable bonds is 2. The van der Waals surface area contributed by atoms with E-state index < -0.39 is 6.03 Å². The molecule has 0 atom stereocenters. The predicted molar refractivity (Wildman–Crippen MR) is 34.0 cm³/mol. The van der Waals surface area contributed by atoms with Crippen LogP contribution in [0.5, 0.6) is 0 Å². The molecule has 3 N–H and O–H groups in total. The monoisotopic (exact) mass is 139 g/mol. The number of nitrogens with one attached hydrogen (secondary N) is 1. The van der Waals surface area contributed by atoms with Crippen molar-refractivity contribution in [3.8, 4) is 0 Å². The molecule has 0 spiro atoms. The van der Waals surface area contributed by atoms with E-state index in [4.69, 9.17) is 5.73 Å². The number of aromatic nitrogens is 2. The van der Waals surface area contributed by atoms with E-state index in [0.717, 1.165) is 0 Å². The normalized spacial score (nSPS) is 9.20. The molecule has 10 heavy (non-hydrogen) atoms. The smallest absolute Gasteiger partial charge is 0.334 e. The average Bonchev–Trinajstić information content (AvgIpc) is 2.34. The molecule has 0 bridgehead atoms. The summed E-state index contributed by atoms with van der Waals surface area (Å²) in [6.07, 6.45) is 3.25. The van der Waals surface area contributed by atoms with E-state index in [1.807, 2.05) is 0 Å². The minimum absolute atomic E-state index is 0.225. The number of aromatic amines is 1. The third-order valence-electron chi connectivity index (χ3n) is 0.940. The van der Waals surface area contributed by atoms with Gasteiger partial charge in [-0.15, -0.1) is 0 Å². The third-order valence-corrected chi connectivity index (χ3v) is 0.940. The first-order chi connectivity index (χ1) is 4.79. The van der Waals surface area contributed by atoms with Crippen LogP contribution in [0.1, 0.15) is 5.82 Å². The SMILES string of the molecule is NC(=O)[N]Cc1ncc[nH]1. The van der Waals surface area contributed by atoms with Gasteiger partial charge >= 0.3 is 6.03 Å². The van der Waals surface area contributed by atoms with Crippen molar-refractivity contribution in [2.45, 2.75) is 6.54 Å². The van der Waals surface area contributed by atoms with Crippen LogP contribution in [0, 0.1) is 0 Å². The molecule has 0 saturated heterocycles. The Balaban J connectivity index is 2.35. The Morgan fingerprint density at radius 2 is 2.70 bits per heavy atom. The Hall–Kier alpha value is -1.52. The summed E-state index contributed by atoms with van der Waals surface area (Å²) >= 11 is 0. The van der Waals surface area contributed by atoms with Crippen LogP contribution in [0.25, 0.3) is 0 Å². The van der Waals surface area contributed by atoms with Gasteiger partial charge in [0.2, 0.25) is 0 Å². The first-order valence-electron chi connectivity index (χ1n) is 2.74. The second kappa shape index (κ2) is 2.86. The summed E-state index contributed by atoms with van der Waals surface area (Å²) in [6.45, 7) is 0.225. The molecule has 1 aromatic heterocycles. The topological polar surface area (TPSA) is 85.9 Å². The molecule has 2 amide bonds. The molecular formula is C5H7N4O. The molecule has 0 fully saturated rings. The van der Waals surface area contributed by atoms with Crippen LogP contribution in [0.2, 0.25) is 0 Å². The van der Waals surface area contributed by atoms with E-state index in [1.54, 1.807) is 12.4 Å². The van der Waals surface area contributed by atoms with Gasteiger partial charge in [-0.3, -0.25) is 0 Å². The minimum atomic E-state index is -0.670. The van der Waals surface area contributed by atoms with E-state index in [-0.39, 0.29) is 6.54 Å². The van der Waals surface area contributed by atoms with Gasteiger partial charge in [0.1, 0.15) is 12.4 Å². The maximum Gasteiger partial charge on any atom is 0.334 e. The number of imidazole rings is 1. The highest BCUT2D eigenvalue weighted by Gasteiger charge is 1.96. The molecule has 1 heterocycles. The van der Waals surface area contributed by atoms with Gasteiger partial charge in [-0.05, 0) is 0 Å². The van der Waals surface area contributed by atoms with Crippen LogP contribution in [-0.2, 0) is 6.54 Å². The van der Waals surface area contributed by atoms with E-state index >= 15 is 0 Å². The first-order valence-corrected chi connectivity index (χ1v) is 2.74. The molecule has 1 aromatic rings. The third kappa shape index (κ3) is 1.77. The molecule has 0 aliphatic heterocycles. The van der Waals surface area contributed by atoms with E-state index in [0.29, 0.717) is 5.82 Å². The molecule has 53 valence electrons. The number of hydrogen-bond acceptors (Lipinski definition) is 2. The zero-order valence-electron chi connectivity index (χ0n) is 5.24. The Morgan fingerprint density at radius 1 is 1.90 bits per heavy atom. The average molecular weight is 139 g/mol. The van der Waals surface area contributed by atoms with Crippen LogP contribution in [-0.4, -0.2) is 16.0 Å². The van der Waals surface area contributed by atoms with E-state index in [2.05, 4.69) is 15.3 Å². The Morgan fingerprint density at radius 3 is 3.20 bits per heavy atom. The van der Waals surface area contributed by atoms with Crippen molar-refractivity contribution >= 4 is 6.03 Å². The summed E-state index contributed by atoms with van der Waals surface area (Å²) in [6, 6.07) is -0.670. The number of urea groups is 1. The number of carbonyl (C=O) groups is 1. The predicted octanol–water partition coefficient (Wildman–Crippen LogP) is -0.407. The van der Waals surface area contributed by atoms with Crippen LogP contribution < -0.4 is 11.1 Å². The highest BCUT2D eigenvalue weighted by molar-refractivity contribution is 5.71. The molecule has 5 nitrogen and oxygen atoms in total. The van der Waals surface area contributed by atoms with Gasteiger partial charge in [0.25, 0.3) is 0 Å². The van der Waals surface area contributed by atoms with Gasteiger partial charge in [0.15, 0.2) is 0 Å². The number of nitrogens with two attached hydrogens (primary N) is 1. The number of primary amides is 1. The number of carbonyl (C=O) groups excluding carboxylic acids is 1. The second-order valence-electron chi connectivity index (χ2n) is 1.69. The van der Waals surface area contributed by atoms with Crippen molar-refractivity contribution in [3.63, 3.8) is 0 Å². The molecule has 1 rings (SSSR count). The van der Waals surface area contributed by atoms with Crippen molar-refractivity contribution in [3.05, 3.63) is 18.2 Å². The van der Waals surface area contributed by atoms with Crippen molar-refractivity contribution in [2.24, 2.45) is 5.73 Å². The van der Waals surface area contributed by atoms with Crippen LogP contribution in [0.4, 0.5) is 4.79 Å². The van der Waals surface area contributed by atoms with Gasteiger partial charge < -0.3 is 10.7 Å². The fourth-order valence-electron chi connectivity index (χ4n) is 0.537. The number of amides is 2. The quantitative estimate of drug-likeness (QED) is 0.583. The molecule has 0 aliphatic rings. The Kier molecular flexibility index (Phi) is 1.89. The van der Waals surface area contributed by atoms with Gasteiger partial charge in [0.05, 0.1) is 0 Å². The van der Waals surface area contributed by atoms with Gasteiger partial charge in [-0.1, -0.05) is 0 Å². The zero-order valence-corrected chi connectivity index (χ0v) is 5.24. The summed E-state index contributed by atoms with van der Waals surface area (Å²) in [7, 11) is 0. The van der Waals surface area contributed by atoms with Crippen molar-refractivity contribution < 1.29 is 4.79 Å². The molecule has 0 aromatic carbocycles. The van der Waals surface area contributed by atoms with Crippen molar-refractivity contribution in [2.75, 3.05) is 0 Å². The first kappa shape index (κ1) is 6.60. The molecule has 0 saturated carbocycles. The molecule has 5 heteroatoms. The molecule has 0 aliphatic carbocycles. The number of H-pyrrole nitrogens is 1. The maximum atomic E-state index is 10.1. The van der Waals surface area contributed by atoms with Crippen LogP contribution in [0.3, 0.4) is 0 Å². The standard InChI is InChI=1S/C5H7N4O/c6-5(10)9-3-4-7-1-2-8-4/h1-2H,3H2,(H2,6,10)(H,7,8). The van der Waals surface area contributed by atoms with E-state index in [9.17, 15) is 4.79 Å². The lowest BCUT2D eigenvalue weighted by molar-refractivity contribution is 0.247. The highest BCUT2D eigenvalue weighted by Crippen LogP contribution is 1.86. The highest BCUT2D eigenvalue weighted by atomic mass is 16.2. The van der Waals surface area contributed by atoms with Gasteiger partial charge in [0, 0.05) is 12.4 Å². The fourth-order valence-corrected chi connectivity index (χ4v) is 0.537. The molecule has 0 unspecified atom stereocenters. The summed E-state index contributed by atoms with van der Waals surface area (Å²) in [5.41, 5.74) is 4.76. The largest absolute Gasteiger partial charge is 0.350 e. The lowest BCUT2D eigenvalue weighted by Crippen LogP contribution is -2.22. The Labute approximate surface area is 57.6 Å². The lowest BCUT2D eigenvalue weighted by atomic mass is 10.6. The van der Waals surface area contributed by atoms with Crippen LogP contribution in [0.15, 0.2) is 12.4 Å².